The van der Waals surface area contributed by atoms with Gasteiger partial charge in [-0.2, -0.15) is 5.10 Å². The Balaban J connectivity index is 1.27. The zero-order valence-electron chi connectivity index (χ0n) is 16.6. The first-order chi connectivity index (χ1) is 14.8. The Labute approximate surface area is 181 Å². The molecule has 152 valence electrons. The van der Waals surface area contributed by atoms with E-state index in [1.165, 1.54) is 11.1 Å². The summed E-state index contributed by atoms with van der Waals surface area (Å²) in [6.45, 7) is 1.93. The van der Waals surface area contributed by atoms with Gasteiger partial charge in [0.25, 0.3) is 0 Å². The fraction of sp³-hybridized carbons (Fsp3) is 0.208. The highest BCUT2D eigenvalue weighted by molar-refractivity contribution is 8.00. The number of likely N-dealkylation sites (tertiary alicyclic amines) is 1. The van der Waals surface area contributed by atoms with Gasteiger partial charge in [0.05, 0.1) is 18.0 Å². The summed E-state index contributed by atoms with van der Waals surface area (Å²) in [6, 6.07) is 25.1. The standard InChI is InChI=1S/C24H24N4OS/c29-23(27-26-15-19-11-13-25-14-12-19)18-30-22-16-28(17-22)24(20-7-3-1-4-8-20)21-9-5-2-6-10-21/h1-15,22,24H,16-18H2,(H,27,29)/b26-15-. The molecule has 1 aromatic heterocycles. The van der Waals surface area contributed by atoms with Crippen molar-refractivity contribution in [2.24, 2.45) is 5.10 Å². The molecule has 0 bridgehead atoms. The number of thioether (sulfide) groups is 1. The van der Waals surface area contributed by atoms with Crippen LogP contribution in [-0.2, 0) is 4.79 Å². The second-order valence-corrected chi connectivity index (χ2v) is 8.47. The van der Waals surface area contributed by atoms with Crippen LogP contribution >= 0.6 is 11.8 Å². The number of hydrogen-bond donors (Lipinski definition) is 1. The molecule has 1 aliphatic rings. The highest BCUT2D eigenvalue weighted by Gasteiger charge is 2.34. The van der Waals surface area contributed by atoms with E-state index in [2.05, 4.69) is 81.1 Å². The Bertz CT molecular complexity index is 921. The molecule has 30 heavy (non-hydrogen) atoms. The number of nitrogens with zero attached hydrogens (tertiary/aromatic N) is 3. The molecule has 2 heterocycles. The fourth-order valence-electron chi connectivity index (χ4n) is 3.52. The fourth-order valence-corrected chi connectivity index (χ4v) is 4.57. The van der Waals surface area contributed by atoms with E-state index in [1.807, 2.05) is 12.1 Å². The minimum absolute atomic E-state index is 0.0774. The number of rotatable bonds is 8. The highest BCUT2D eigenvalue weighted by atomic mass is 32.2. The van der Waals surface area contributed by atoms with Gasteiger partial charge in [0, 0.05) is 30.7 Å². The molecule has 0 unspecified atom stereocenters. The van der Waals surface area contributed by atoms with Crippen LogP contribution in [0, 0.1) is 0 Å². The van der Waals surface area contributed by atoms with Crippen LogP contribution in [0.15, 0.2) is 90.3 Å². The summed E-state index contributed by atoms with van der Waals surface area (Å²) >= 11 is 1.69. The zero-order valence-corrected chi connectivity index (χ0v) is 17.4. The number of carbonyl (C=O) groups excluding carboxylic acids is 1. The first-order valence-electron chi connectivity index (χ1n) is 9.97. The number of aromatic nitrogens is 1. The first kappa shape index (κ1) is 20.3. The number of nitrogens with one attached hydrogen (secondary N) is 1. The Hall–Kier alpha value is -2.96. The molecule has 0 saturated carbocycles. The minimum Gasteiger partial charge on any atom is -0.290 e. The summed E-state index contributed by atoms with van der Waals surface area (Å²) in [6.07, 6.45) is 5.01. The van der Waals surface area contributed by atoms with Crippen LogP contribution in [0.2, 0.25) is 0 Å². The van der Waals surface area contributed by atoms with Crippen LogP contribution in [0.5, 0.6) is 0 Å². The monoisotopic (exact) mass is 416 g/mol. The Morgan fingerprint density at radius 2 is 1.63 bits per heavy atom. The quantitative estimate of drug-likeness (QED) is 0.449. The summed E-state index contributed by atoms with van der Waals surface area (Å²) in [7, 11) is 0. The molecule has 1 fully saturated rings. The maximum Gasteiger partial charge on any atom is 0.250 e. The second kappa shape index (κ2) is 10.2. The zero-order chi connectivity index (χ0) is 20.6. The molecular formula is C24H24N4OS. The second-order valence-electron chi connectivity index (χ2n) is 7.18. The number of pyridine rings is 1. The molecule has 3 aromatic rings. The third kappa shape index (κ3) is 5.34. The molecule has 1 aliphatic heterocycles. The van der Waals surface area contributed by atoms with Gasteiger partial charge in [-0.3, -0.25) is 14.7 Å². The number of hydrazone groups is 1. The highest BCUT2D eigenvalue weighted by Crippen LogP contribution is 2.35. The van der Waals surface area contributed by atoms with Crippen molar-refractivity contribution in [2.45, 2.75) is 11.3 Å². The lowest BCUT2D eigenvalue weighted by Gasteiger charge is -2.44. The predicted octanol–water partition coefficient (Wildman–Crippen LogP) is 3.74. The summed E-state index contributed by atoms with van der Waals surface area (Å²) in [5.41, 5.74) is 6.10. The lowest BCUT2D eigenvalue weighted by Crippen LogP contribution is -2.51. The van der Waals surface area contributed by atoms with E-state index in [-0.39, 0.29) is 11.9 Å². The lowest BCUT2D eigenvalue weighted by atomic mass is 9.94. The van der Waals surface area contributed by atoms with Crippen molar-refractivity contribution in [3.63, 3.8) is 0 Å². The molecule has 1 saturated heterocycles. The van der Waals surface area contributed by atoms with Gasteiger partial charge >= 0.3 is 0 Å². The molecule has 6 heteroatoms. The van der Waals surface area contributed by atoms with Gasteiger partial charge < -0.3 is 0 Å². The number of benzene rings is 2. The molecule has 4 rings (SSSR count). The molecule has 5 nitrogen and oxygen atoms in total. The van der Waals surface area contributed by atoms with Gasteiger partial charge in [0.1, 0.15) is 0 Å². The predicted molar refractivity (Wildman–Crippen MR) is 123 cm³/mol. The van der Waals surface area contributed by atoms with Crippen LogP contribution in [0.1, 0.15) is 22.7 Å². The molecule has 1 amide bonds. The van der Waals surface area contributed by atoms with E-state index in [1.54, 1.807) is 30.4 Å². The van der Waals surface area contributed by atoms with Gasteiger partial charge in [-0.25, -0.2) is 5.43 Å². The van der Waals surface area contributed by atoms with Gasteiger partial charge in [-0.05, 0) is 28.8 Å². The normalized spacial score (nSPS) is 14.7. The average molecular weight is 417 g/mol. The van der Waals surface area contributed by atoms with Crippen molar-refractivity contribution in [3.05, 3.63) is 102 Å². The third-order valence-corrected chi connectivity index (χ3v) is 6.23. The van der Waals surface area contributed by atoms with Crippen LogP contribution in [0.4, 0.5) is 0 Å². The van der Waals surface area contributed by atoms with Crippen molar-refractivity contribution in [1.29, 1.82) is 0 Å². The molecule has 2 aromatic carbocycles. The number of hydrogen-bond acceptors (Lipinski definition) is 5. The Morgan fingerprint density at radius 1 is 1.03 bits per heavy atom. The molecule has 0 spiro atoms. The van der Waals surface area contributed by atoms with E-state index in [0.29, 0.717) is 11.0 Å². The van der Waals surface area contributed by atoms with E-state index >= 15 is 0 Å². The van der Waals surface area contributed by atoms with Gasteiger partial charge in [0.15, 0.2) is 0 Å². The van der Waals surface area contributed by atoms with Crippen molar-refractivity contribution in [1.82, 2.24) is 15.3 Å². The van der Waals surface area contributed by atoms with Crippen LogP contribution < -0.4 is 5.43 Å². The first-order valence-corrected chi connectivity index (χ1v) is 11.0. The minimum atomic E-state index is -0.0774. The van der Waals surface area contributed by atoms with Gasteiger partial charge in [0.2, 0.25) is 5.91 Å². The summed E-state index contributed by atoms with van der Waals surface area (Å²) in [5, 5.41) is 4.46. The van der Waals surface area contributed by atoms with Gasteiger partial charge in [-0.15, -0.1) is 11.8 Å². The average Bonchev–Trinajstić information content (AvgIpc) is 2.77. The Kier molecular flexibility index (Phi) is 6.90. The molecule has 0 aliphatic carbocycles. The summed E-state index contributed by atoms with van der Waals surface area (Å²) in [4.78, 5) is 18.5. The number of carbonyl (C=O) groups is 1. The van der Waals surface area contributed by atoms with Crippen molar-refractivity contribution >= 4 is 23.9 Å². The summed E-state index contributed by atoms with van der Waals surface area (Å²) < 4.78 is 0. The third-order valence-electron chi connectivity index (χ3n) is 5.03. The van der Waals surface area contributed by atoms with E-state index in [4.69, 9.17) is 0 Å². The molecular weight excluding hydrogens is 392 g/mol. The smallest absolute Gasteiger partial charge is 0.250 e. The summed E-state index contributed by atoms with van der Waals surface area (Å²) in [5.74, 6) is 0.333. The van der Waals surface area contributed by atoms with Crippen molar-refractivity contribution < 1.29 is 4.79 Å². The Morgan fingerprint density at radius 3 is 2.23 bits per heavy atom. The molecule has 1 N–H and O–H groups in total. The van der Waals surface area contributed by atoms with Gasteiger partial charge in [-0.1, -0.05) is 60.7 Å². The van der Waals surface area contributed by atoms with E-state index in [9.17, 15) is 4.79 Å². The maximum atomic E-state index is 12.1. The SMILES string of the molecule is O=C(CSC1CN(C(c2ccccc2)c2ccccc2)C1)N/N=C\c1ccncc1. The van der Waals surface area contributed by atoms with Crippen LogP contribution in [-0.4, -0.2) is 46.1 Å². The van der Waals surface area contributed by atoms with E-state index in [0.717, 1.165) is 18.7 Å². The maximum absolute atomic E-state index is 12.1. The van der Waals surface area contributed by atoms with Crippen LogP contribution in [0.3, 0.4) is 0 Å². The topological polar surface area (TPSA) is 57.6 Å². The largest absolute Gasteiger partial charge is 0.290 e. The van der Waals surface area contributed by atoms with Crippen molar-refractivity contribution in [2.75, 3.05) is 18.8 Å². The molecule has 0 atom stereocenters. The van der Waals surface area contributed by atoms with Crippen LogP contribution in [0.25, 0.3) is 0 Å². The number of amides is 1. The van der Waals surface area contributed by atoms with Crippen molar-refractivity contribution in [3.8, 4) is 0 Å². The van der Waals surface area contributed by atoms with E-state index < -0.39 is 0 Å². The lowest BCUT2D eigenvalue weighted by molar-refractivity contribution is -0.118. The molecule has 0 radical (unpaired) electrons.